The fraction of sp³-hybridized carbons (Fsp3) is 0.440. The van der Waals surface area contributed by atoms with Crippen molar-refractivity contribution in [1.82, 2.24) is 29.5 Å². The second-order valence-corrected chi connectivity index (χ2v) is 8.68. The van der Waals surface area contributed by atoms with Gasteiger partial charge in [0, 0.05) is 49.5 Å². The number of hydrogen-bond acceptors (Lipinski definition) is 5. The van der Waals surface area contributed by atoms with Crippen molar-refractivity contribution in [3.8, 4) is 11.3 Å². The SMILES string of the molecule is C1CCOCC1.CC(C)n1cc2c(-c3ccc(F)cc3F)ncnc2n1.c1cnn(C2CC2)c1. The Morgan fingerprint density at radius 3 is 2.41 bits per heavy atom. The van der Waals surface area contributed by atoms with Gasteiger partial charge in [-0.2, -0.15) is 10.2 Å². The second-order valence-electron chi connectivity index (χ2n) is 8.68. The van der Waals surface area contributed by atoms with Crippen molar-refractivity contribution < 1.29 is 13.5 Å². The van der Waals surface area contributed by atoms with Crippen molar-refractivity contribution >= 4 is 11.0 Å². The molecule has 0 bridgehead atoms. The maximum Gasteiger partial charge on any atom is 0.184 e. The standard InChI is InChI=1S/C14H12F2N4.C6H8N2.C5H10O/c1-8(2)20-6-11-13(17-7-18-14(11)19-20)10-4-3-9(15)5-12(10)16;1-4-7-8(5-1)6-2-3-6;1-2-4-6-5-3-1/h3-8H,1-2H3;1,4-6H,2-3H2;1-5H2. The van der Waals surface area contributed by atoms with Crippen molar-refractivity contribution in [1.29, 1.82) is 0 Å². The largest absolute Gasteiger partial charge is 0.381 e. The summed E-state index contributed by atoms with van der Waals surface area (Å²) >= 11 is 0. The minimum Gasteiger partial charge on any atom is -0.381 e. The van der Waals surface area contributed by atoms with Crippen LogP contribution in [0.1, 0.15) is 58.0 Å². The van der Waals surface area contributed by atoms with E-state index in [4.69, 9.17) is 4.74 Å². The summed E-state index contributed by atoms with van der Waals surface area (Å²) in [6.07, 6.45) is 13.5. The molecule has 0 atom stereocenters. The van der Waals surface area contributed by atoms with Gasteiger partial charge >= 0.3 is 0 Å². The molecule has 0 radical (unpaired) electrons. The van der Waals surface area contributed by atoms with E-state index in [0.717, 1.165) is 25.3 Å². The molecule has 1 saturated carbocycles. The van der Waals surface area contributed by atoms with Gasteiger partial charge in [0.1, 0.15) is 18.0 Å². The molecule has 2 aliphatic rings. The van der Waals surface area contributed by atoms with Crippen LogP contribution in [-0.4, -0.2) is 42.7 Å². The van der Waals surface area contributed by atoms with Crippen LogP contribution in [0.2, 0.25) is 0 Å². The van der Waals surface area contributed by atoms with Gasteiger partial charge in [-0.15, -0.1) is 0 Å². The smallest absolute Gasteiger partial charge is 0.184 e. The Hall–Kier alpha value is -3.20. The molecule has 7 nitrogen and oxygen atoms in total. The van der Waals surface area contributed by atoms with E-state index >= 15 is 0 Å². The average Bonchev–Trinajstić information content (AvgIpc) is 3.36. The molecule has 1 aliphatic heterocycles. The summed E-state index contributed by atoms with van der Waals surface area (Å²) in [5.41, 5.74) is 1.15. The predicted molar refractivity (Wildman–Crippen MR) is 126 cm³/mol. The monoisotopic (exact) mass is 468 g/mol. The molecule has 4 heterocycles. The van der Waals surface area contributed by atoms with Crippen LogP contribution in [0.4, 0.5) is 8.78 Å². The maximum absolute atomic E-state index is 13.9. The summed E-state index contributed by atoms with van der Waals surface area (Å²) in [5, 5.41) is 9.05. The van der Waals surface area contributed by atoms with Crippen LogP contribution in [0.3, 0.4) is 0 Å². The van der Waals surface area contributed by atoms with Gasteiger partial charge in [0.25, 0.3) is 0 Å². The fourth-order valence-electron chi connectivity index (χ4n) is 3.54. The Balaban J connectivity index is 0.000000158. The average molecular weight is 469 g/mol. The molecule has 0 spiro atoms. The van der Waals surface area contributed by atoms with Crippen molar-refractivity contribution in [3.05, 3.63) is 60.8 Å². The molecule has 9 heteroatoms. The summed E-state index contributed by atoms with van der Waals surface area (Å²) in [4.78, 5) is 8.19. The van der Waals surface area contributed by atoms with Crippen LogP contribution in [0, 0.1) is 11.6 Å². The number of halogens is 2. The molecule has 6 rings (SSSR count). The molecule has 0 unspecified atom stereocenters. The van der Waals surface area contributed by atoms with E-state index in [2.05, 4.69) is 20.2 Å². The van der Waals surface area contributed by atoms with Gasteiger partial charge in [-0.3, -0.25) is 9.36 Å². The van der Waals surface area contributed by atoms with E-state index in [-0.39, 0.29) is 11.6 Å². The van der Waals surface area contributed by atoms with E-state index < -0.39 is 11.6 Å². The van der Waals surface area contributed by atoms with Crippen LogP contribution >= 0.6 is 0 Å². The quantitative estimate of drug-likeness (QED) is 0.382. The zero-order chi connectivity index (χ0) is 23.9. The lowest BCUT2D eigenvalue weighted by atomic mass is 10.1. The minimum absolute atomic E-state index is 0.162. The van der Waals surface area contributed by atoms with Crippen molar-refractivity contribution in [3.63, 3.8) is 0 Å². The molecule has 180 valence electrons. The number of hydrogen-bond donors (Lipinski definition) is 0. The van der Waals surface area contributed by atoms with Crippen LogP contribution in [0.15, 0.2) is 49.2 Å². The topological polar surface area (TPSA) is 70.7 Å². The first-order chi connectivity index (χ1) is 16.5. The predicted octanol–water partition coefficient (Wildman–Crippen LogP) is 5.76. The third-order valence-electron chi connectivity index (χ3n) is 5.57. The van der Waals surface area contributed by atoms with Crippen LogP contribution in [0.25, 0.3) is 22.3 Å². The molecule has 0 N–H and O–H groups in total. The number of aromatic nitrogens is 6. The molecular weight excluding hydrogens is 438 g/mol. The molecular formula is C25H30F2N6O. The highest BCUT2D eigenvalue weighted by atomic mass is 19.1. The minimum atomic E-state index is -0.651. The number of ether oxygens (including phenoxy) is 1. The van der Waals surface area contributed by atoms with E-state index in [1.54, 1.807) is 10.9 Å². The zero-order valence-electron chi connectivity index (χ0n) is 19.6. The third-order valence-corrected chi connectivity index (χ3v) is 5.57. The number of fused-ring (bicyclic) bond motifs is 1. The molecule has 2 fully saturated rings. The zero-order valence-corrected chi connectivity index (χ0v) is 19.6. The van der Waals surface area contributed by atoms with Gasteiger partial charge in [-0.1, -0.05) is 0 Å². The Labute approximate surface area is 197 Å². The number of nitrogens with zero attached hydrogens (tertiary/aromatic N) is 6. The molecule has 0 amide bonds. The van der Waals surface area contributed by atoms with E-state index in [0.29, 0.717) is 16.7 Å². The van der Waals surface area contributed by atoms with Gasteiger partial charge in [0.15, 0.2) is 5.65 Å². The molecule has 1 aromatic carbocycles. The van der Waals surface area contributed by atoms with Crippen molar-refractivity contribution in [2.75, 3.05) is 13.2 Å². The molecule has 3 aromatic heterocycles. The first-order valence-corrected chi connectivity index (χ1v) is 11.7. The summed E-state index contributed by atoms with van der Waals surface area (Å²) < 4.78 is 35.7. The summed E-state index contributed by atoms with van der Waals surface area (Å²) in [5.74, 6) is -1.27. The molecule has 1 aliphatic carbocycles. The lowest BCUT2D eigenvalue weighted by molar-refractivity contribution is 0.0968. The highest BCUT2D eigenvalue weighted by Gasteiger charge is 2.23. The van der Waals surface area contributed by atoms with Gasteiger partial charge in [0.05, 0.1) is 17.1 Å². The Bertz CT molecular complexity index is 1170. The number of benzene rings is 1. The third kappa shape index (κ3) is 6.22. The highest BCUT2D eigenvalue weighted by molar-refractivity contribution is 5.89. The van der Waals surface area contributed by atoms with Crippen molar-refractivity contribution in [2.24, 2.45) is 0 Å². The lowest BCUT2D eigenvalue weighted by Crippen LogP contribution is -2.03. The molecule has 34 heavy (non-hydrogen) atoms. The summed E-state index contributed by atoms with van der Waals surface area (Å²) in [6.45, 7) is 5.97. The second kappa shape index (κ2) is 11.3. The van der Waals surface area contributed by atoms with Crippen LogP contribution in [0.5, 0.6) is 0 Å². The maximum atomic E-state index is 13.9. The van der Waals surface area contributed by atoms with Crippen molar-refractivity contribution in [2.45, 2.75) is 58.0 Å². The Kier molecular flexibility index (Phi) is 7.95. The highest BCUT2D eigenvalue weighted by Crippen LogP contribution is 2.33. The van der Waals surface area contributed by atoms with E-state index in [1.807, 2.05) is 37.0 Å². The lowest BCUT2D eigenvalue weighted by Gasteiger charge is -2.08. The van der Waals surface area contributed by atoms with Gasteiger partial charge in [-0.05, 0) is 64.2 Å². The van der Waals surface area contributed by atoms with E-state index in [1.165, 1.54) is 50.6 Å². The van der Waals surface area contributed by atoms with Gasteiger partial charge < -0.3 is 4.74 Å². The molecule has 4 aromatic rings. The first-order valence-electron chi connectivity index (χ1n) is 11.7. The normalized spacial score (nSPS) is 15.4. The first kappa shape index (κ1) is 23.9. The van der Waals surface area contributed by atoms with E-state index in [9.17, 15) is 8.78 Å². The summed E-state index contributed by atoms with van der Waals surface area (Å²) in [6, 6.07) is 6.30. The van der Waals surface area contributed by atoms with Crippen LogP contribution in [-0.2, 0) is 4.74 Å². The number of rotatable bonds is 3. The van der Waals surface area contributed by atoms with Crippen LogP contribution < -0.4 is 0 Å². The Morgan fingerprint density at radius 1 is 1.06 bits per heavy atom. The fourth-order valence-corrected chi connectivity index (χ4v) is 3.54. The Morgan fingerprint density at radius 2 is 1.85 bits per heavy atom. The summed E-state index contributed by atoms with van der Waals surface area (Å²) in [7, 11) is 0. The molecule has 1 saturated heterocycles. The van der Waals surface area contributed by atoms with Gasteiger partial charge in [-0.25, -0.2) is 18.7 Å². The van der Waals surface area contributed by atoms with Gasteiger partial charge in [0.2, 0.25) is 0 Å².